The topological polar surface area (TPSA) is 92.7 Å². The third-order valence-corrected chi connectivity index (χ3v) is 5.30. The number of alkyl carbamates (subject to hydrolysis) is 1. The zero-order valence-corrected chi connectivity index (χ0v) is 18.2. The molecule has 0 saturated carbocycles. The van der Waals surface area contributed by atoms with E-state index < -0.39 is 24.0 Å². The van der Waals surface area contributed by atoms with E-state index in [0.717, 1.165) is 16.7 Å². The van der Waals surface area contributed by atoms with Crippen LogP contribution in [0.15, 0.2) is 91.0 Å². The maximum atomic E-state index is 13.1. The fraction of sp³-hybridized carbons (Fsp3) is 0.222. The van der Waals surface area contributed by atoms with Gasteiger partial charge in [0.25, 0.3) is 0 Å². The summed E-state index contributed by atoms with van der Waals surface area (Å²) in [6.45, 7) is 0.0741. The van der Waals surface area contributed by atoms with Crippen molar-refractivity contribution in [2.45, 2.75) is 31.9 Å². The second-order valence-electron chi connectivity index (χ2n) is 7.84. The number of carboxylic acid groups (broad SMARTS) is 1. The summed E-state index contributed by atoms with van der Waals surface area (Å²) in [6.07, 6.45) is -0.431. The Hall–Kier alpha value is -3.93. The summed E-state index contributed by atoms with van der Waals surface area (Å²) in [4.78, 5) is 37.4. The van der Waals surface area contributed by atoms with Gasteiger partial charge >= 0.3 is 12.1 Å². The zero-order chi connectivity index (χ0) is 23.5. The number of carboxylic acids is 1. The quantitative estimate of drug-likeness (QED) is 0.456. The zero-order valence-electron chi connectivity index (χ0n) is 18.2. The smallest absolute Gasteiger partial charge is 0.408 e. The van der Waals surface area contributed by atoms with Crippen molar-refractivity contribution < 1.29 is 24.2 Å². The van der Waals surface area contributed by atoms with Gasteiger partial charge in [0, 0.05) is 6.42 Å². The van der Waals surface area contributed by atoms with Gasteiger partial charge in [0.05, 0.1) is 12.0 Å². The first-order valence-electron chi connectivity index (χ1n) is 10.8. The van der Waals surface area contributed by atoms with Gasteiger partial charge in [-0.1, -0.05) is 91.0 Å². The second-order valence-corrected chi connectivity index (χ2v) is 7.84. The summed E-state index contributed by atoms with van der Waals surface area (Å²) in [5.41, 5.74) is 2.52. The van der Waals surface area contributed by atoms with E-state index in [0.29, 0.717) is 0 Å². The summed E-state index contributed by atoms with van der Waals surface area (Å²) in [5, 5.41) is 12.3. The lowest BCUT2D eigenvalue weighted by Gasteiger charge is -2.20. The first kappa shape index (κ1) is 23.7. The van der Waals surface area contributed by atoms with E-state index in [2.05, 4.69) is 5.32 Å². The van der Waals surface area contributed by atoms with Crippen molar-refractivity contribution >= 4 is 17.8 Å². The molecule has 1 unspecified atom stereocenters. The van der Waals surface area contributed by atoms with Crippen LogP contribution >= 0.6 is 0 Å². The van der Waals surface area contributed by atoms with Gasteiger partial charge in [-0.15, -0.1) is 0 Å². The Labute approximate surface area is 193 Å². The molecular formula is C27H27NO5. The fourth-order valence-electron chi connectivity index (χ4n) is 3.53. The molecule has 3 aromatic carbocycles. The molecular weight excluding hydrogens is 418 g/mol. The minimum Gasteiger partial charge on any atom is -0.481 e. The van der Waals surface area contributed by atoms with Crippen molar-refractivity contribution in [2.75, 3.05) is 0 Å². The number of aliphatic carboxylic acids is 1. The lowest BCUT2D eigenvalue weighted by Crippen LogP contribution is -2.43. The SMILES string of the molecule is O=C(N[C@H](Cc1ccccc1)C(=O)CC(Cc1ccccc1)C(=O)O)OCc1ccccc1. The van der Waals surface area contributed by atoms with Crippen LogP contribution < -0.4 is 5.32 Å². The molecule has 6 nitrogen and oxygen atoms in total. The summed E-state index contributed by atoms with van der Waals surface area (Å²) in [7, 11) is 0. The van der Waals surface area contributed by atoms with Crippen molar-refractivity contribution in [2.24, 2.45) is 5.92 Å². The Morgan fingerprint density at radius 2 is 1.21 bits per heavy atom. The van der Waals surface area contributed by atoms with Gasteiger partial charge < -0.3 is 15.2 Å². The Bertz CT molecular complexity index is 1040. The minimum atomic E-state index is -1.04. The average molecular weight is 446 g/mol. The second kappa shape index (κ2) is 12.2. The number of carbonyl (C=O) groups is 3. The molecule has 0 radical (unpaired) electrons. The number of Topliss-reactive ketones (excluding diaryl/α,β-unsaturated/α-hetero) is 1. The van der Waals surface area contributed by atoms with Crippen molar-refractivity contribution in [3.8, 4) is 0 Å². The number of hydrogen-bond donors (Lipinski definition) is 2. The number of hydrogen-bond acceptors (Lipinski definition) is 4. The van der Waals surface area contributed by atoms with Gasteiger partial charge in [0.2, 0.25) is 0 Å². The number of ketones is 1. The maximum absolute atomic E-state index is 13.1. The van der Waals surface area contributed by atoms with Gasteiger partial charge in [-0.2, -0.15) is 0 Å². The summed E-state index contributed by atoms with van der Waals surface area (Å²) < 4.78 is 5.28. The van der Waals surface area contributed by atoms with Gasteiger partial charge in [0.1, 0.15) is 6.61 Å². The van der Waals surface area contributed by atoms with E-state index in [1.165, 1.54) is 0 Å². The van der Waals surface area contributed by atoms with Crippen molar-refractivity contribution in [1.82, 2.24) is 5.32 Å². The average Bonchev–Trinajstić information content (AvgIpc) is 2.84. The Morgan fingerprint density at radius 3 is 1.73 bits per heavy atom. The number of carbonyl (C=O) groups excluding carboxylic acids is 2. The van der Waals surface area contributed by atoms with Gasteiger partial charge in [-0.3, -0.25) is 9.59 Å². The van der Waals surface area contributed by atoms with E-state index in [-0.39, 0.29) is 31.7 Å². The van der Waals surface area contributed by atoms with Crippen molar-refractivity contribution in [3.05, 3.63) is 108 Å². The normalized spacial score (nSPS) is 12.4. The predicted molar refractivity (Wildman–Crippen MR) is 125 cm³/mol. The van der Waals surface area contributed by atoms with Gasteiger partial charge in [-0.25, -0.2) is 4.79 Å². The van der Waals surface area contributed by atoms with E-state index >= 15 is 0 Å². The molecule has 0 bridgehead atoms. The van der Waals surface area contributed by atoms with Crippen LogP contribution in [-0.4, -0.2) is 29.0 Å². The van der Waals surface area contributed by atoms with Gasteiger partial charge in [0.15, 0.2) is 5.78 Å². The highest BCUT2D eigenvalue weighted by Crippen LogP contribution is 2.16. The van der Waals surface area contributed by atoms with Gasteiger partial charge in [-0.05, 0) is 29.5 Å². The highest BCUT2D eigenvalue weighted by Gasteiger charge is 2.28. The van der Waals surface area contributed by atoms with E-state index in [4.69, 9.17) is 4.74 Å². The number of amides is 1. The van der Waals surface area contributed by atoms with Crippen LogP contribution in [0.5, 0.6) is 0 Å². The summed E-state index contributed by atoms with van der Waals surface area (Å²) in [6, 6.07) is 26.8. The number of rotatable bonds is 11. The number of ether oxygens (including phenoxy) is 1. The van der Waals surface area contributed by atoms with Crippen LogP contribution in [0.1, 0.15) is 23.1 Å². The lowest BCUT2D eigenvalue weighted by atomic mass is 9.90. The maximum Gasteiger partial charge on any atom is 0.408 e. The Morgan fingerprint density at radius 1 is 0.727 bits per heavy atom. The first-order valence-corrected chi connectivity index (χ1v) is 10.8. The third-order valence-electron chi connectivity index (χ3n) is 5.30. The molecule has 3 aromatic rings. The standard InChI is InChI=1S/C27H27NO5/c29-25(18-23(26(30)31)16-20-10-4-1-5-11-20)24(17-21-12-6-2-7-13-21)28-27(32)33-19-22-14-8-3-9-15-22/h1-15,23-24H,16-19H2,(H,28,32)(H,30,31)/t23?,24-/m1/s1. The first-order chi connectivity index (χ1) is 16.0. The third kappa shape index (κ3) is 7.92. The van der Waals surface area contributed by atoms with Crippen LogP contribution in [0, 0.1) is 5.92 Å². The molecule has 0 saturated heterocycles. The molecule has 3 rings (SSSR count). The highest BCUT2D eigenvalue weighted by molar-refractivity contribution is 5.90. The Balaban J connectivity index is 1.68. The van der Waals surface area contributed by atoms with Crippen LogP contribution in [0.4, 0.5) is 4.79 Å². The number of nitrogens with one attached hydrogen (secondary N) is 1. The van der Waals surface area contributed by atoms with Crippen LogP contribution in [0.25, 0.3) is 0 Å². The molecule has 2 atom stereocenters. The minimum absolute atomic E-state index is 0.0741. The predicted octanol–water partition coefficient (Wildman–Crippen LogP) is 4.43. The van der Waals surface area contributed by atoms with Crippen LogP contribution in [0.2, 0.25) is 0 Å². The molecule has 0 aliphatic heterocycles. The molecule has 170 valence electrons. The van der Waals surface area contributed by atoms with E-state index in [1.807, 2.05) is 91.0 Å². The van der Waals surface area contributed by atoms with Crippen molar-refractivity contribution in [1.29, 1.82) is 0 Å². The number of benzene rings is 3. The summed E-state index contributed by atoms with van der Waals surface area (Å²) >= 11 is 0. The Kier molecular flexibility index (Phi) is 8.77. The molecule has 0 fully saturated rings. The molecule has 0 aliphatic carbocycles. The van der Waals surface area contributed by atoms with E-state index in [1.54, 1.807) is 0 Å². The highest BCUT2D eigenvalue weighted by atomic mass is 16.5. The molecule has 0 aromatic heterocycles. The van der Waals surface area contributed by atoms with Crippen LogP contribution in [-0.2, 0) is 33.8 Å². The molecule has 2 N–H and O–H groups in total. The monoisotopic (exact) mass is 445 g/mol. The van der Waals surface area contributed by atoms with Crippen molar-refractivity contribution in [3.63, 3.8) is 0 Å². The molecule has 1 amide bonds. The molecule has 33 heavy (non-hydrogen) atoms. The van der Waals surface area contributed by atoms with Crippen LogP contribution in [0.3, 0.4) is 0 Å². The fourth-order valence-corrected chi connectivity index (χ4v) is 3.53. The summed E-state index contributed by atoms with van der Waals surface area (Å²) in [5.74, 6) is -2.28. The molecule has 0 spiro atoms. The molecule has 0 aliphatic rings. The molecule has 6 heteroatoms. The molecule has 0 heterocycles. The largest absolute Gasteiger partial charge is 0.481 e. The van der Waals surface area contributed by atoms with E-state index in [9.17, 15) is 19.5 Å². The lowest BCUT2D eigenvalue weighted by molar-refractivity contribution is -0.143.